The summed E-state index contributed by atoms with van der Waals surface area (Å²) in [5, 5.41) is 0. The van der Waals surface area contributed by atoms with E-state index in [2.05, 4.69) is 58.1 Å². The smallest absolute Gasteiger partial charge is 0.0991 e. The maximum absolute atomic E-state index is 4.35. The molecule has 5 heteroatoms. The van der Waals surface area contributed by atoms with Crippen molar-refractivity contribution in [2.24, 2.45) is 0 Å². The molecule has 0 radical (unpaired) electrons. The molecule has 0 saturated carbocycles. The van der Waals surface area contributed by atoms with Gasteiger partial charge in [0.05, 0.1) is 12.0 Å². The van der Waals surface area contributed by atoms with E-state index < -0.39 is 0 Å². The van der Waals surface area contributed by atoms with Crippen molar-refractivity contribution in [1.82, 2.24) is 24.4 Å². The van der Waals surface area contributed by atoms with Crippen LogP contribution in [0.25, 0.3) is 5.69 Å². The van der Waals surface area contributed by atoms with Crippen LogP contribution >= 0.6 is 0 Å². The number of rotatable bonds is 6. The van der Waals surface area contributed by atoms with Crippen molar-refractivity contribution in [2.75, 3.05) is 7.05 Å². The van der Waals surface area contributed by atoms with Gasteiger partial charge in [0.15, 0.2) is 0 Å². The second-order valence-corrected chi connectivity index (χ2v) is 5.80. The third-order valence-electron chi connectivity index (χ3n) is 4.04. The fourth-order valence-corrected chi connectivity index (χ4v) is 2.52. The van der Waals surface area contributed by atoms with Crippen LogP contribution in [-0.2, 0) is 13.0 Å². The van der Waals surface area contributed by atoms with Crippen molar-refractivity contribution >= 4 is 0 Å². The summed E-state index contributed by atoms with van der Waals surface area (Å²) < 4.78 is 2.00. The molecule has 118 valence electrons. The van der Waals surface area contributed by atoms with E-state index in [0.717, 1.165) is 24.3 Å². The standard InChI is InChI=1S/C18H21N5/c1-15(11-17-12-19-7-8-21-17)22(2)13-16-3-5-18(6-4-16)23-10-9-20-14-23/h3-10,12,14-15H,11,13H2,1-2H3/t15-/m1/s1. The molecule has 0 spiro atoms. The minimum atomic E-state index is 0.403. The second kappa shape index (κ2) is 7.15. The molecule has 0 saturated heterocycles. The molecule has 0 N–H and O–H groups in total. The largest absolute Gasteiger partial charge is 0.306 e. The maximum Gasteiger partial charge on any atom is 0.0991 e. The lowest BCUT2D eigenvalue weighted by atomic mass is 10.1. The molecule has 0 aliphatic rings. The summed E-state index contributed by atoms with van der Waals surface area (Å²) in [5.41, 5.74) is 3.45. The van der Waals surface area contributed by atoms with Gasteiger partial charge in [-0.2, -0.15) is 0 Å². The van der Waals surface area contributed by atoms with Gasteiger partial charge < -0.3 is 4.57 Å². The van der Waals surface area contributed by atoms with E-state index in [1.165, 1.54) is 5.56 Å². The Bertz CT molecular complexity index is 707. The molecule has 2 aromatic heterocycles. The lowest BCUT2D eigenvalue weighted by molar-refractivity contribution is 0.246. The highest BCUT2D eigenvalue weighted by molar-refractivity contribution is 5.34. The van der Waals surface area contributed by atoms with Gasteiger partial charge in [0.1, 0.15) is 0 Å². The normalized spacial score (nSPS) is 12.5. The topological polar surface area (TPSA) is 46.8 Å². The van der Waals surface area contributed by atoms with Crippen molar-refractivity contribution in [3.8, 4) is 5.69 Å². The Morgan fingerprint density at radius 3 is 2.57 bits per heavy atom. The van der Waals surface area contributed by atoms with Gasteiger partial charge in [-0.05, 0) is 31.7 Å². The number of hydrogen-bond donors (Lipinski definition) is 0. The number of nitrogens with zero attached hydrogens (tertiary/aromatic N) is 5. The summed E-state index contributed by atoms with van der Waals surface area (Å²) in [5.74, 6) is 0. The molecular formula is C18H21N5. The zero-order chi connectivity index (χ0) is 16.1. The van der Waals surface area contributed by atoms with Crippen LogP contribution < -0.4 is 0 Å². The maximum atomic E-state index is 4.35. The van der Waals surface area contributed by atoms with Gasteiger partial charge in [0, 0.05) is 55.7 Å². The Hall–Kier alpha value is -2.53. The van der Waals surface area contributed by atoms with Crippen LogP contribution in [-0.4, -0.2) is 37.5 Å². The first-order valence-corrected chi connectivity index (χ1v) is 7.75. The van der Waals surface area contributed by atoms with Gasteiger partial charge in [-0.15, -0.1) is 0 Å². The van der Waals surface area contributed by atoms with E-state index in [-0.39, 0.29) is 0 Å². The number of imidazole rings is 1. The number of benzene rings is 1. The number of aromatic nitrogens is 4. The van der Waals surface area contributed by atoms with Gasteiger partial charge in [0.2, 0.25) is 0 Å². The quantitative estimate of drug-likeness (QED) is 0.702. The predicted molar refractivity (Wildman–Crippen MR) is 90.2 cm³/mol. The van der Waals surface area contributed by atoms with Gasteiger partial charge >= 0.3 is 0 Å². The average molecular weight is 307 g/mol. The molecule has 1 atom stereocenters. The molecular weight excluding hydrogens is 286 g/mol. The van der Waals surface area contributed by atoms with Gasteiger partial charge in [-0.3, -0.25) is 14.9 Å². The Kier molecular flexibility index (Phi) is 4.78. The molecule has 0 unspecified atom stereocenters. The highest BCUT2D eigenvalue weighted by Gasteiger charge is 2.11. The Labute approximate surface area is 136 Å². The first-order valence-electron chi connectivity index (χ1n) is 7.75. The van der Waals surface area contributed by atoms with Crippen molar-refractivity contribution in [3.63, 3.8) is 0 Å². The highest BCUT2D eigenvalue weighted by Crippen LogP contribution is 2.13. The van der Waals surface area contributed by atoms with E-state index in [0.29, 0.717) is 6.04 Å². The fourth-order valence-electron chi connectivity index (χ4n) is 2.52. The zero-order valence-electron chi connectivity index (χ0n) is 13.5. The Morgan fingerprint density at radius 2 is 1.91 bits per heavy atom. The summed E-state index contributed by atoms with van der Waals surface area (Å²) in [6, 6.07) is 8.98. The molecule has 0 aliphatic carbocycles. The first-order chi connectivity index (χ1) is 11.2. The second-order valence-electron chi connectivity index (χ2n) is 5.80. The SMILES string of the molecule is C[C@H](Cc1cnccn1)N(C)Cc1ccc(-n2ccnc2)cc1. The Balaban J connectivity index is 1.60. The monoisotopic (exact) mass is 307 g/mol. The molecule has 0 fully saturated rings. The van der Waals surface area contributed by atoms with Crippen molar-refractivity contribution in [2.45, 2.75) is 25.9 Å². The van der Waals surface area contributed by atoms with Gasteiger partial charge in [-0.1, -0.05) is 12.1 Å². The molecule has 0 amide bonds. The molecule has 0 aliphatic heterocycles. The lowest BCUT2D eigenvalue weighted by Gasteiger charge is -2.24. The van der Waals surface area contributed by atoms with E-state index >= 15 is 0 Å². The predicted octanol–water partition coefficient (Wildman–Crippen LogP) is 2.73. The first kappa shape index (κ1) is 15.4. The number of likely N-dealkylation sites (N-methyl/N-ethyl adjacent to an activating group) is 1. The minimum Gasteiger partial charge on any atom is -0.306 e. The van der Waals surface area contributed by atoms with Crippen molar-refractivity contribution < 1.29 is 0 Å². The van der Waals surface area contributed by atoms with Crippen LogP contribution in [0.4, 0.5) is 0 Å². The molecule has 3 rings (SSSR count). The lowest BCUT2D eigenvalue weighted by Crippen LogP contribution is -2.30. The summed E-state index contributed by atoms with van der Waals surface area (Å²) in [7, 11) is 2.14. The summed E-state index contributed by atoms with van der Waals surface area (Å²) >= 11 is 0. The molecule has 0 bridgehead atoms. The van der Waals surface area contributed by atoms with Crippen LogP contribution in [0.2, 0.25) is 0 Å². The van der Waals surface area contributed by atoms with Gasteiger partial charge in [0.25, 0.3) is 0 Å². The van der Waals surface area contributed by atoms with Crippen molar-refractivity contribution in [1.29, 1.82) is 0 Å². The van der Waals surface area contributed by atoms with E-state index in [1.807, 2.05) is 23.3 Å². The summed E-state index contributed by atoms with van der Waals surface area (Å²) in [6.45, 7) is 3.13. The number of hydrogen-bond acceptors (Lipinski definition) is 4. The molecule has 3 aromatic rings. The van der Waals surface area contributed by atoms with E-state index in [4.69, 9.17) is 0 Å². The third-order valence-corrected chi connectivity index (χ3v) is 4.04. The summed E-state index contributed by atoms with van der Waals surface area (Å²) in [4.78, 5) is 14.9. The van der Waals surface area contributed by atoms with Crippen LogP contribution in [0.1, 0.15) is 18.2 Å². The average Bonchev–Trinajstić information content (AvgIpc) is 3.11. The van der Waals surface area contributed by atoms with Crippen molar-refractivity contribution in [3.05, 3.63) is 72.8 Å². The Morgan fingerprint density at radius 1 is 1.09 bits per heavy atom. The van der Waals surface area contributed by atoms with E-state index in [9.17, 15) is 0 Å². The molecule has 5 nitrogen and oxygen atoms in total. The van der Waals surface area contributed by atoms with Crippen LogP contribution in [0.3, 0.4) is 0 Å². The fraction of sp³-hybridized carbons (Fsp3) is 0.278. The van der Waals surface area contributed by atoms with E-state index in [1.54, 1.807) is 18.6 Å². The van der Waals surface area contributed by atoms with Gasteiger partial charge in [-0.25, -0.2) is 4.98 Å². The highest BCUT2D eigenvalue weighted by atomic mass is 15.1. The van der Waals surface area contributed by atoms with Crippen LogP contribution in [0.5, 0.6) is 0 Å². The minimum absolute atomic E-state index is 0.403. The third kappa shape index (κ3) is 4.02. The van der Waals surface area contributed by atoms with Crippen LogP contribution in [0.15, 0.2) is 61.6 Å². The summed E-state index contributed by atoms with van der Waals surface area (Å²) in [6.07, 6.45) is 11.7. The molecule has 23 heavy (non-hydrogen) atoms. The molecule has 2 heterocycles. The van der Waals surface area contributed by atoms with Crippen LogP contribution in [0, 0.1) is 0 Å². The molecule has 1 aromatic carbocycles. The zero-order valence-corrected chi connectivity index (χ0v) is 13.5.